The molecule has 0 atom stereocenters. The maximum Gasteiger partial charge on any atom is 0.247 e. The molecule has 0 bridgehead atoms. The van der Waals surface area contributed by atoms with Crippen molar-refractivity contribution in [2.24, 2.45) is 7.05 Å². The molecule has 5 nitrogen and oxygen atoms in total. The third kappa shape index (κ3) is 2.05. The Balaban J connectivity index is 2.01. The van der Waals surface area contributed by atoms with E-state index in [-0.39, 0.29) is 5.82 Å². The van der Waals surface area contributed by atoms with Crippen LogP contribution < -0.4 is 10.1 Å². The minimum Gasteiger partial charge on any atom is -0.437 e. The summed E-state index contributed by atoms with van der Waals surface area (Å²) in [7, 11) is 3.54. The molecule has 2 aromatic heterocycles. The van der Waals surface area contributed by atoms with Gasteiger partial charge in [-0.1, -0.05) is 0 Å². The van der Waals surface area contributed by atoms with Gasteiger partial charge < -0.3 is 14.6 Å². The molecule has 1 N–H and O–H groups in total. The molecular weight excluding hydrogens is 259 g/mol. The van der Waals surface area contributed by atoms with Crippen LogP contribution in [0, 0.1) is 5.82 Å². The van der Waals surface area contributed by atoms with Gasteiger partial charge in [0.15, 0.2) is 0 Å². The Morgan fingerprint density at radius 1 is 1.25 bits per heavy atom. The Labute approximate surface area is 115 Å². The number of nitrogens with one attached hydrogen (secondary N) is 1. The lowest BCUT2D eigenvalue weighted by atomic mass is 10.3. The summed E-state index contributed by atoms with van der Waals surface area (Å²) in [5, 5.41) is 2.76. The second-order valence-corrected chi connectivity index (χ2v) is 4.33. The van der Waals surface area contributed by atoms with Gasteiger partial charge in [-0.25, -0.2) is 9.37 Å². The normalized spacial score (nSPS) is 10.8. The molecule has 0 amide bonds. The molecule has 0 fully saturated rings. The smallest absolute Gasteiger partial charge is 0.247 e. The van der Waals surface area contributed by atoms with Gasteiger partial charge in [0.25, 0.3) is 0 Å². The molecular formula is C14H13FN4O. The molecule has 6 heteroatoms. The average Bonchev–Trinajstić information content (AvgIpc) is 2.82. The third-order valence-electron chi connectivity index (χ3n) is 3.05. The van der Waals surface area contributed by atoms with Crippen molar-refractivity contribution in [3.63, 3.8) is 0 Å². The number of fused-ring (bicyclic) bond motifs is 1. The number of aryl methyl sites for hydroxylation is 1. The predicted molar refractivity (Wildman–Crippen MR) is 74.5 cm³/mol. The largest absolute Gasteiger partial charge is 0.437 e. The summed E-state index contributed by atoms with van der Waals surface area (Å²) in [4.78, 5) is 8.27. The number of aromatic nitrogens is 3. The van der Waals surface area contributed by atoms with E-state index in [0.717, 1.165) is 11.0 Å². The molecule has 2 heterocycles. The molecule has 0 aliphatic heterocycles. The van der Waals surface area contributed by atoms with Gasteiger partial charge in [0.2, 0.25) is 5.88 Å². The van der Waals surface area contributed by atoms with Crippen molar-refractivity contribution in [3.05, 3.63) is 42.6 Å². The zero-order valence-electron chi connectivity index (χ0n) is 11.1. The van der Waals surface area contributed by atoms with Gasteiger partial charge in [-0.2, -0.15) is 4.98 Å². The number of halogens is 1. The quantitative estimate of drug-likeness (QED) is 0.796. The molecule has 3 rings (SSSR count). The van der Waals surface area contributed by atoms with E-state index in [9.17, 15) is 4.39 Å². The van der Waals surface area contributed by atoms with Crippen molar-refractivity contribution in [2.75, 3.05) is 12.4 Å². The lowest BCUT2D eigenvalue weighted by Gasteiger charge is -2.08. The maximum atomic E-state index is 13.7. The van der Waals surface area contributed by atoms with Crippen LogP contribution in [0.25, 0.3) is 11.0 Å². The highest BCUT2D eigenvalue weighted by Gasteiger charge is 2.10. The highest BCUT2D eigenvalue weighted by Crippen LogP contribution is 2.28. The fourth-order valence-corrected chi connectivity index (χ4v) is 2.03. The van der Waals surface area contributed by atoms with Crippen LogP contribution in [0.1, 0.15) is 0 Å². The number of hydrogen-bond acceptors (Lipinski definition) is 4. The number of benzene rings is 1. The van der Waals surface area contributed by atoms with E-state index in [4.69, 9.17) is 4.74 Å². The molecule has 1 aromatic carbocycles. The minimum absolute atomic E-state index is 0.373. The molecule has 102 valence electrons. The Hall–Kier alpha value is -2.63. The number of ether oxygens (including phenoxy) is 1. The minimum atomic E-state index is -0.373. The Morgan fingerprint density at radius 3 is 2.85 bits per heavy atom. The van der Waals surface area contributed by atoms with Crippen molar-refractivity contribution in [1.29, 1.82) is 0 Å². The van der Waals surface area contributed by atoms with Crippen molar-refractivity contribution in [2.45, 2.75) is 0 Å². The first-order chi connectivity index (χ1) is 9.69. The molecule has 0 unspecified atom stereocenters. The molecule has 0 aliphatic carbocycles. The van der Waals surface area contributed by atoms with Crippen molar-refractivity contribution in [1.82, 2.24) is 14.5 Å². The summed E-state index contributed by atoms with van der Waals surface area (Å²) in [6, 6.07) is 6.50. The summed E-state index contributed by atoms with van der Waals surface area (Å²) in [5.74, 6) is 0.420. The van der Waals surface area contributed by atoms with Gasteiger partial charge in [-0.15, -0.1) is 0 Å². The first-order valence-electron chi connectivity index (χ1n) is 6.10. The number of nitrogens with zero attached hydrogens (tertiary/aromatic N) is 3. The molecule has 0 spiro atoms. The first kappa shape index (κ1) is 12.4. The zero-order valence-corrected chi connectivity index (χ0v) is 11.1. The highest BCUT2D eigenvalue weighted by molar-refractivity contribution is 5.80. The van der Waals surface area contributed by atoms with E-state index in [1.165, 1.54) is 12.4 Å². The standard InChI is InChI=1S/C14H13FN4O/c1-16-11-4-3-9(7-10(11)15)20-14-13-12(17-8-18-14)5-6-19(13)2/h3-8,16H,1-2H3. The van der Waals surface area contributed by atoms with Crippen LogP contribution in [0.2, 0.25) is 0 Å². The van der Waals surface area contributed by atoms with Gasteiger partial charge in [0.1, 0.15) is 23.4 Å². The summed E-state index contributed by atoms with van der Waals surface area (Å²) < 4.78 is 21.2. The molecule has 0 aliphatic rings. The third-order valence-corrected chi connectivity index (χ3v) is 3.05. The van der Waals surface area contributed by atoms with Gasteiger partial charge in [0.05, 0.1) is 11.2 Å². The van der Waals surface area contributed by atoms with Crippen LogP contribution in [0.15, 0.2) is 36.8 Å². The van der Waals surface area contributed by atoms with Crippen molar-refractivity contribution < 1.29 is 9.13 Å². The first-order valence-corrected chi connectivity index (χ1v) is 6.10. The molecule has 20 heavy (non-hydrogen) atoms. The van der Waals surface area contributed by atoms with E-state index in [2.05, 4.69) is 15.3 Å². The molecule has 0 saturated heterocycles. The molecule has 0 radical (unpaired) electrons. The summed E-state index contributed by atoms with van der Waals surface area (Å²) >= 11 is 0. The van der Waals surface area contributed by atoms with E-state index >= 15 is 0 Å². The van der Waals surface area contributed by atoms with Crippen molar-refractivity contribution >= 4 is 16.7 Å². The fourth-order valence-electron chi connectivity index (χ4n) is 2.03. The topological polar surface area (TPSA) is 52.0 Å². The summed E-state index contributed by atoms with van der Waals surface area (Å²) in [6.07, 6.45) is 3.30. The molecule has 3 aromatic rings. The summed E-state index contributed by atoms with van der Waals surface area (Å²) in [6.45, 7) is 0. The summed E-state index contributed by atoms with van der Waals surface area (Å²) in [5.41, 5.74) is 1.97. The van der Waals surface area contributed by atoms with Crippen LogP contribution in [-0.2, 0) is 7.05 Å². The van der Waals surface area contributed by atoms with Crippen LogP contribution in [-0.4, -0.2) is 21.6 Å². The lowest BCUT2D eigenvalue weighted by molar-refractivity contribution is 0.461. The maximum absolute atomic E-state index is 13.7. The molecule has 0 saturated carbocycles. The van der Waals surface area contributed by atoms with Gasteiger partial charge in [0, 0.05) is 26.4 Å². The number of anilines is 1. The van der Waals surface area contributed by atoms with Gasteiger partial charge in [-0.05, 0) is 18.2 Å². The van der Waals surface area contributed by atoms with Gasteiger partial charge in [-0.3, -0.25) is 0 Å². The lowest BCUT2D eigenvalue weighted by Crippen LogP contribution is -1.96. The van der Waals surface area contributed by atoms with Gasteiger partial charge >= 0.3 is 0 Å². The van der Waals surface area contributed by atoms with Crippen LogP contribution in [0.4, 0.5) is 10.1 Å². The number of hydrogen-bond donors (Lipinski definition) is 1. The Morgan fingerprint density at radius 2 is 2.10 bits per heavy atom. The predicted octanol–water partition coefficient (Wildman–Crippen LogP) is 2.94. The van der Waals surface area contributed by atoms with Crippen LogP contribution in [0.5, 0.6) is 11.6 Å². The number of rotatable bonds is 3. The van der Waals surface area contributed by atoms with Crippen molar-refractivity contribution in [3.8, 4) is 11.6 Å². The Bertz CT molecular complexity index is 769. The van der Waals surface area contributed by atoms with Crippen LogP contribution in [0.3, 0.4) is 0 Å². The second kappa shape index (κ2) is 4.80. The van der Waals surface area contributed by atoms with E-state index in [1.807, 2.05) is 23.9 Å². The van der Waals surface area contributed by atoms with E-state index < -0.39 is 0 Å². The van der Waals surface area contributed by atoms with E-state index in [0.29, 0.717) is 17.3 Å². The average molecular weight is 272 g/mol. The second-order valence-electron chi connectivity index (χ2n) is 4.33. The van der Waals surface area contributed by atoms with Crippen LogP contribution >= 0.6 is 0 Å². The SMILES string of the molecule is CNc1ccc(Oc2ncnc3ccn(C)c23)cc1F. The fraction of sp³-hybridized carbons (Fsp3) is 0.143. The zero-order chi connectivity index (χ0) is 14.1. The monoisotopic (exact) mass is 272 g/mol. The van der Waals surface area contributed by atoms with E-state index in [1.54, 1.807) is 19.2 Å². The highest BCUT2D eigenvalue weighted by atomic mass is 19.1. The Kier molecular flexibility index (Phi) is 2.98.